The number of amides is 2. The Labute approximate surface area is 168 Å². The molecule has 1 unspecified atom stereocenters. The van der Waals surface area contributed by atoms with Crippen molar-refractivity contribution in [2.45, 2.75) is 26.1 Å². The molecule has 2 aromatic carbocycles. The third-order valence-corrected chi connectivity index (χ3v) is 5.57. The molecule has 1 atom stereocenters. The van der Waals surface area contributed by atoms with Crippen LogP contribution in [0, 0.1) is 5.92 Å². The Morgan fingerprint density at radius 2 is 1.86 bits per heavy atom. The van der Waals surface area contributed by atoms with E-state index in [0.29, 0.717) is 24.3 Å². The summed E-state index contributed by atoms with van der Waals surface area (Å²) >= 11 is 0. The summed E-state index contributed by atoms with van der Waals surface area (Å²) in [4.78, 5) is 39.7. The van der Waals surface area contributed by atoms with Gasteiger partial charge in [0.2, 0.25) is 0 Å². The summed E-state index contributed by atoms with van der Waals surface area (Å²) in [7, 11) is 0. The normalized spacial score (nSPS) is 18.9. The van der Waals surface area contributed by atoms with Crippen molar-refractivity contribution in [2.75, 3.05) is 26.4 Å². The summed E-state index contributed by atoms with van der Waals surface area (Å²) in [6.07, 6.45) is 0.193. The van der Waals surface area contributed by atoms with Crippen molar-refractivity contribution >= 4 is 28.6 Å². The fourth-order valence-electron chi connectivity index (χ4n) is 4.08. The fourth-order valence-corrected chi connectivity index (χ4v) is 4.08. The quantitative estimate of drug-likeness (QED) is 0.551. The lowest BCUT2D eigenvalue weighted by Crippen LogP contribution is -2.44. The molecule has 1 saturated heterocycles. The predicted molar refractivity (Wildman–Crippen MR) is 104 cm³/mol. The van der Waals surface area contributed by atoms with Crippen molar-refractivity contribution in [3.05, 3.63) is 47.5 Å². The maximum Gasteiger partial charge on any atom is 0.314 e. The Hall–Kier alpha value is -2.77. The Morgan fingerprint density at radius 1 is 1.14 bits per heavy atom. The van der Waals surface area contributed by atoms with Crippen LogP contribution >= 0.6 is 0 Å². The number of imide groups is 1. The second-order valence-corrected chi connectivity index (χ2v) is 7.28. The monoisotopic (exact) mass is 397 g/mol. The smallest absolute Gasteiger partial charge is 0.314 e. The first-order chi connectivity index (χ1) is 14.0. The largest absolute Gasteiger partial charge is 0.466 e. The summed E-state index contributed by atoms with van der Waals surface area (Å²) in [6, 6.07) is 11.0. The van der Waals surface area contributed by atoms with E-state index in [1.807, 2.05) is 30.3 Å². The average Bonchev–Trinajstić information content (AvgIpc) is 3.25. The molecular weight excluding hydrogens is 374 g/mol. The highest BCUT2D eigenvalue weighted by Crippen LogP contribution is 2.34. The second kappa shape index (κ2) is 7.57. The fraction of sp³-hybridized carbons (Fsp3) is 0.409. The van der Waals surface area contributed by atoms with Crippen LogP contribution in [0.1, 0.15) is 41.0 Å². The van der Waals surface area contributed by atoms with Gasteiger partial charge in [-0.15, -0.1) is 0 Å². The minimum atomic E-state index is -1.13. The van der Waals surface area contributed by atoms with Gasteiger partial charge in [-0.05, 0) is 37.1 Å². The van der Waals surface area contributed by atoms with Crippen LogP contribution in [0.25, 0.3) is 10.8 Å². The zero-order valence-electron chi connectivity index (χ0n) is 16.5. The van der Waals surface area contributed by atoms with E-state index in [2.05, 4.69) is 0 Å². The SMILES string of the molecule is CCOC(=O)C(CCN1C(=O)c2ccc3ccccc3c2C1=O)C1(C)OCCO1. The molecule has 2 amide bonds. The van der Waals surface area contributed by atoms with E-state index in [-0.39, 0.29) is 31.4 Å². The average molecular weight is 397 g/mol. The van der Waals surface area contributed by atoms with Gasteiger partial charge in [0.1, 0.15) is 5.92 Å². The predicted octanol–water partition coefficient (Wildman–Crippen LogP) is 2.77. The number of nitrogens with zero attached hydrogens (tertiary/aromatic N) is 1. The van der Waals surface area contributed by atoms with Crippen LogP contribution in [0.4, 0.5) is 0 Å². The molecule has 7 nitrogen and oxygen atoms in total. The van der Waals surface area contributed by atoms with Crippen LogP contribution in [0.3, 0.4) is 0 Å². The van der Waals surface area contributed by atoms with Gasteiger partial charge >= 0.3 is 5.97 Å². The van der Waals surface area contributed by atoms with Gasteiger partial charge in [-0.3, -0.25) is 19.3 Å². The van der Waals surface area contributed by atoms with Crippen LogP contribution in [0.2, 0.25) is 0 Å². The third-order valence-electron chi connectivity index (χ3n) is 5.57. The van der Waals surface area contributed by atoms with Gasteiger partial charge in [0.15, 0.2) is 5.79 Å². The van der Waals surface area contributed by atoms with Crippen LogP contribution in [-0.4, -0.2) is 54.8 Å². The molecule has 4 rings (SSSR count). The van der Waals surface area contributed by atoms with Crippen molar-refractivity contribution in [1.82, 2.24) is 4.90 Å². The molecule has 1 fully saturated rings. The highest BCUT2D eigenvalue weighted by Gasteiger charge is 2.46. The van der Waals surface area contributed by atoms with Gasteiger partial charge in [-0.1, -0.05) is 30.3 Å². The molecule has 0 spiro atoms. The summed E-state index contributed by atoms with van der Waals surface area (Å²) in [5.74, 6) is -3.03. The molecule has 2 aliphatic rings. The maximum atomic E-state index is 13.1. The number of benzene rings is 2. The van der Waals surface area contributed by atoms with Crippen molar-refractivity contribution in [2.24, 2.45) is 5.92 Å². The van der Waals surface area contributed by atoms with Crippen molar-refractivity contribution in [3.63, 3.8) is 0 Å². The van der Waals surface area contributed by atoms with E-state index in [9.17, 15) is 14.4 Å². The van der Waals surface area contributed by atoms with Crippen molar-refractivity contribution in [1.29, 1.82) is 0 Å². The highest BCUT2D eigenvalue weighted by molar-refractivity contribution is 6.26. The lowest BCUT2D eigenvalue weighted by atomic mass is 9.95. The van der Waals surface area contributed by atoms with E-state index in [0.717, 1.165) is 10.8 Å². The topological polar surface area (TPSA) is 82.1 Å². The first kappa shape index (κ1) is 19.5. The number of hydrogen-bond donors (Lipinski definition) is 0. The van der Waals surface area contributed by atoms with Gasteiger partial charge in [0.25, 0.3) is 11.8 Å². The Kier molecular flexibility index (Phi) is 5.10. The highest BCUT2D eigenvalue weighted by atomic mass is 16.7. The third kappa shape index (κ3) is 3.30. The molecule has 0 saturated carbocycles. The molecule has 2 aliphatic heterocycles. The Bertz CT molecular complexity index is 978. The van der Waals surface area contributed by atoms with Crippen LogP contribution < -0.4 is 0 Å². The maximum absolute atomic E-state index is 13.1. The van der Waals surface area contributed by atoms with Crippen LogP contribution in [0.15, 0.2) is 36.4 Å². The summed E-state index contributed by atoms with van der Waals surface area (Å²) in [5.41, 5.74) is 0.807. The van der Waals surface area contributed by atoms with E-state index in [1.54, 1.807) is 19.9 Å². The number of esters is 1. The van der Waals surface area contributed by atoms with E-state index < -0.39 is 17.7 Å². The first-order valence-corrected chi connectivity index (χ1v) is 9.78. The molecule has 0 radical (unpaired) electrons. The zero-order valence-corrected chi connectivity index (χ0v) is 16.5. The molecule has 0 bridgehead atoms. The molecular formula is C22H23NO6. The second-order valence-electron chi connectivity index (χ2n) is 7.28. The van der Waals surface area contributed by atoms with Crippen molar-refractivity contribution < 1.29 is 28.6 Å². The van der Waals surface area contributed by atoms with Crippen LogP contribution in [-0.2, 0) is 19.0 Å². The molecule has 0 aromatic heterocycles. The molecule has 2 heterocycles. The molecule has 2 aromatic rings. The summed E-state index contributed by atoms with van der Waals surface area (Å²) in [5, 5.41) is 1.65. The Balaban J connectivity index is 1.58. The molecule has 7 heteroatoms. The van der Waals surface area contributed by atoms with Gasteiger partial charge < -0.3 is 14.2 Å². The lowest BCUT2D eigenvalue weighted by Gasteiger charge is -2.31. The molecule has 0 aliphatic carbocycles. The standard InChI is InChI=1S/C22H23NO6/c1-3-27-21(26)17(22(2)28-12-13-29-22)10-11-23-19(24)16-9-8-14-6-4-5-7-15(14)18(16)20(23)25/h4-9,17H,3,10-13H2,1-2H3. The van der Waals surface area contributed by atoms with E-state index in [1.165, 1.54) is 4.90 Å². The number of carbonyl (C=O) groups is 3. The van der Waals surface area contributed by atoms with E-state index >= 15 is 0 Å². The van der Waals surface area contributed by atoms with Gasteiger partial charge in [-0.25, -0.2) is 0 Å². The van der Waals surface area contributed by atoms with Gasteiger partial charge in [0, 0.05) is 6.54 Å². The summed E-state index contributed by atoms with van der Waals surface area (Å²) < 4.78 is 16.5. The van der Waals surface area contributed by atoms with Gasteiger partial charge in [-0.2, -0.15) is 0 Å². The minimum Gasteiger partial charge on any atom is -0.466 e. The molecule has 29 heavy (non-hydrogen) atoms. The van der Waals surface area contributed by atoms with Crippen molar-refractivity contribution in [3.8, 4) is 0 Å². The number of rotatable bonds is 6. The van der Waals surface area contributed by atoms with Crippen LogP contribution in [0.5, 0.6) is 0 Å². The zero-order chi connectivity index (χ0) is 20.6. The first-order valence-electron chi connectivity index (χ1n) is 9.78. The lowest BCUT2D eigenvalue weighted by molar-refractivity contribution is -0.201. The number of hydrogen-bond acceptors (Lipinski definition) is 6. The number of ether oxygens (including phenoxy) is 3. The van der Waals surface area contributed by atoms with E-state index in [4.69, 9.17) is 14.2 Å². The minimum absolute atomic E-state index is 0.0759. The number of carbonyl (C=O) groups excluding carboxylic acids is 3. The summed E-state index contributed by atoms with van der Waals surface area (Å²) in [6.45, 7) is 4.48. The molecule has 152 valence electrons. The van der Waals surface area contributed by atoms with Gasteiger partial charge in [0.05, 0.1) is 30.9 Å². The Morgan fingerprint density at radius 3 is 2.59 bits per heavy atom. The number of fused-ring (bicyclic) bond motifs is 3. The molecule has 0 N–H and O–H groups in total.